The summed E-state index contributed by atoms with van der Waals surface area (Å²) in [6.07, 6.45) is 2.15. The van der Waals surface area contributed by atoms with Gasteiger partial charge in [0.25, 0.3) is 0 Å². The summed E-state index contributed by atoms with van der Waals surface area (Å²) in [6, 6.07) is -0.175. The number of hydrogen-bond donors (Lipinski definition) is 0. The molecule has 2 rings (SSSR count). The zero-order valence-electron chi connectivity index (χ0n) is 13.2. The van der Waals surface area contributed by atoms with Crippen LogP contribution in [0.15, 0.2) is 0 Å². The van der Waals surface area contributed by atoms with Gasteiger partial charge in [0, 0.05) is 19.2 Å². The Morgan fingerprint density at radius 2 is 2.14 bits per heavy atom. The minimum Gasteiger partial charge on any atom is -0.335 e. The minimum absolute atomic E-state index is 0.0456. The normalized spacial score (nSPS) is 18.9. The average Bonchev–Trinajstić information content (AvgIpc) is 2.95. The Morgan fingerprint density at radius 3 is 2.68 bits per heavy atom. The fourth-order valence-corrected chi connectivity index (χ4v) is 4.65. The fraction of sp³-hybridized carbons (Fsp3) is 0.714. The molecule has 1 aromatic heterocycles. The Hall–Kier alpha value is -1.08. The quantitative estimate of drug-likeness (QED) is 0.815. The summed E-state index contributed by atoms with van der Waals surface area (Å²) in [7, 11) is -1.58. The van der Waals surface area contributed by atoms with Crippen molar-refractivity contribution in [2.24, 2.45) is 7.05 Å². The third kappa shape index (κ3) is 3.46. The second-order valence-corrected chi connectivity index (χ2v) is 8.29. The maximum Gasteiger partial charge on any atom is 0.238 e. The summed E-state index contributed by atoms with van der Waals surface area (Å²) < 4.78 is 25.4. The molecule has 0 bridgehead atoms. The molecule has 0 N–H and O–H groups in total. The van der Waals surface area contributed by atoms with Crippen LogP contribution >= 0.6 is 11.6 Å². The molecule has 1 saturated heterocycles. The van der Waals surface area contributed by atoms with Crippen LogP contribution < -0.4 is 0 Å². The number of halogens is 1. The highest BCUT2D eigenvalue weighted by atomic mass is 35.5. The van der Waals surface area contributed by atoms with Gasteiger partial charge in [-0.2, -0.15) is 5.10 Å². The van der Waals surface area contributed by atoms with Crippen LogP contribution in [0.4, 0.5) is 0 Å². The topological polar surface area (TPSA) is 72.3 Å². The van der Waals surface area contributed by atoms with Gasteiger partial charge < -0.3 is 4.90 Å². The van der Waals surface area contributed by atoms with Crippen molar-refractivity contribution in [3.8, 4) is 0 Å². The van der Waals surface area contributed by atoms with Gasteiger partial charge in [-0.05, 0) is 26.2 Å². The molecule has 8 heteroatoms. The lowest BCUT2D eigenvalue weighted by molar-refractivity contribution is -0.129. The minimum atomic E-state index is -3.33. The van der Waals surface area contributed by atoms with Crippen LogP contribution in [0.1, 0.15) is 43.5 Å². The highest BCUT2D eigenvalue weighted by Crippen LogP contribution is 2.37. The molecule has 0 unspecified atom stereocenters. The molecule has 1 aliphatic rings. The van der Waals surface area contributed by atoms with E-state index in [1.165, 1.54) is 0 Å². The van der Waals surface area contributed by atoms with E-state index in [1.54, 1.807) is 23.6 Å². The van der Waals surface area contributed by atoms with Crippen molar-refractivity contribution in [2.75, 3.05) is 18.1 Å². The molecule has 22 heavy (non-hydrogen) atoms. The van der Waals surface area contributed by atoms with Crippen LogP contribution in [-0.2, 0) is 21.7 Å². The average molecular weight is 348 g/mol. The van der Waals surface area contributed by atoms with Crippen molar-refractivity contribution in [3.05, 3.63) is 16.4 Å². The molecule has 2 heterocycles. The van der Waals surface area contributed by atoms with Crippen LogP contribution in [0.3, 0.4) is 0 Å². The third-order valence-electron chi connectivity index (χ3n) is 3.96. The number of carbonyl (C=O) groups excluding carboxylic acids is 1. The van der Waals surface area contributed by atoms with Gasteiger partial charge in [-0.25, -0.2) is 8.42 Å². The first-order valence-corrected chi connectivity index (χ1v) is 9.65. The van der Waals surface area contributed by atoms with E-state index in [0.29, 0.717) is 18.1 Å². The zero-order chi connectivity index (χ0) is 16.5. The number of sulfone groups is 1. The van der Waals surface area contributed by atoms with Gasteiger partial charge in [0.15, 0.2) is 9.84 Å². The lowest BCUT2D eigenvalue weighted by Crippen LogP contribution is -2.36. The molecule has 0 radical (unpaired) electrons. The molecule has 6 nitrogen and oxygen atoms in total. The predicted molar refractivity (Wildman–Crippen MR) is 85.6 cm³/mol. The van der Waals surface area contributed by atoms with E-state index >= 15 is 0 Å². The Morgan fingerprint density at radius 1 is 1.45 bits per heavy atom. The van der Waals surface area contributed by atoms with Crippen molar-refractivity contribution in [1.29, 1.82) is 0 Å². The van der Waals surface area contributed by atoms with E-state index in [2.05, 4.69) is 5.10 Å². The molecular weight excluding hydrogens is 326 g/mol. The van der Waals surface area contributed by atoms with Crippen molar-refractivity contribution in [3.63, 3.8) is 0 Å². The summed E-state index contributed by atoms with van der Waals surface area (Å²) in [5, 5.41) is 4.79. The van der Waals surface area contributed by atoms with Gasteiger partial charge in [0.05, 0.1) is 17.5 Å². The molecular formula is C14H22ClN3O3S. The number of nitrogens with zero attached hydrogens (tertiary/aromatic N) is 3. The number of aryl methyl sites for hydroxylation is 2. The van der Waals surface area contributed by atoms with Crippen LogP contribution in [-0.4, -0.2) is 47.1 Å². The molecule has 1 aromatic rings. The molecule has 0 aromatic carbocycles. The molecule has 124 valence electrons. The third-order valence-corrected chi connectivity index (χ3v) is 6.13. The molecule has 0 saturated carbocycles. The lowest BCUT2D eigenvalue weighted by atomic mass is 10.1. The molecule has 0 spiro atoms. The summed E-state index contributed by atoms with van der Waals surface area (Å²) in [5.74, 6) is -0.715. The molecule has 1 atom stereocenters. The molecule has 1 fully saturated rings. The fourth-order valence-electron chi connectivity index (χ4n) is 3.04. The Labute approximate surface area is 136 Å². The number of likely N-dealkylation sites (tertiary alicyclic amines) is 1. The van der Waals surface area contributed by atoms with E-state index in [0.717, 1.165) is 24.1 Å². The Bertz CT molecular complexity index is 669. The van der Waals surface area contributed by atoms with Gasteiger partial charge in [0.2, 0.25) is 5.91 Å². The summed E-state index contributed by atoms with van der Waals surface area (Å²) >= 11 is 6.29. The first-order chi connectivity index (χ1) is 10.3. The van der Waals surface area contributed by atoms with E-state index in [4.69, 9.17) is 11.6 Å². The van der Waals surface area contributed by atoms with Crippen LogP contribution in [0.5, 0.6) is 0 Å². The van der Waals surface area contributed by atoms with E-state index in [1.807, 2.05) is 6.92 Å². The summed E-state index contributed by atoms with van der Waals surface area (Å²) in [6.45, 7) is 4.21. The molecule has 1 amide bonds. The number of aromatic nitrogens is 2. The van der Waals surface area contributed by atoms with Crippen LogP contribution in [0.2, 0.25) is 5.15 Å². The van der Waals surface area contributed by atoms with Crippen LogP contribution in [0, 0.1) is 6.92 Å². The number of amides is 1. The number of carbonyl (C=O) groups is 1. The maximum atomic E-state index is 12.4. The van der Waals surface area contributed by atoms with Gasteiger partial charge in [-0.1, -0.05) is 18.5 Å². The predicted octanol–water partition coefficient (Wildman–Crippen LogP) is 1.87. The molecule has 0 aliphatic carbocycles. The van der Waals surface area contributed by atoms with Crippen molar-refractivity contribution >= 4 is 27.3 Å². The largest absolute Gasteiger partial charge is 0.335 e. The van der Waals surface area contributed by atoms with E-state index in [-0.39, 0.29) is 17.7 Å². The standard InChI is InChI=1S/C14H22ClN3O3S/c1-4-8-22(20,21)9-12(19)18-7-5-6-11(18)13-10(2)16-17(3)14(13)15/h11H,4-9H2,1-3H3/t11-/m1/s1. The second kappa shape index (κ2) is 6.58. The zero-order valence-corrected chi connectivity index (χ0v) is 14.7. The first kappa shape index (κ1) is 17.3. The van der Waals surface area contributed by atoms with Gasteiger partial charge in [-0.3, -0.25) is 9.48 Å². The smallest absolute Gasteiger partial charge is 0.238 e. The summed E-state index contributed by atoms with van der Waals surface area (Å²) in [4.78, 5) is 14.1. The number of rotatable bonds is 5. The second-order valence-electron chi connectivity index (χ2n) is 5.75. The SMILES string of the molecule is CCCS(=O)(=O)CC(=O)N1CCC[C@@H]1c1c(C)nn(C)c1Cl. The first-order valence-electron chi connectivity index (χ1n) is 7.45. The van der Waals surface area contributed by atoms with Gasteiger partial charge in [0.1, 0.15) is 10.9 Å². The maximum absolute atomic E-state index is 12.4. The monoisotopic (exact) mass is 347 g/mol. The number of hydrogen-bond acceptors (Lipinski definition) is 4. The van der Waals surface area contributed by atoms with Crippen molar-refractivity contribution < 1.29 is 13.2 Å². The lowest BCUT2D eigenvalue weighted by Gasteiger charge is -2.25. The van der Waals surface area contributed by atoms with Crippen molar-refractivity contribution in [2.45, 2.75) is 39.2 Å². The van der Waals surface area contributed by atoms with E-state index in [9.17, 15) is 13.2 Å². The van der Waals surface area contributed by atoms with E-state index < -0.39 is 15.6 Å². The highest BCUT2D eigenvalue weighted by molar-refractivity contribution is 7.92. The van der Waals surface area contributed by atoms with Crippen LogP contribution in [0.25, 0.3) is 0 Å². The molecule has 1 aliphatic heterocycles. The van der Waals surface area contributed by atoms with Crippen molar-refractivity contribution in [1.82, 2.24) is 14.7 Å². The highest BCUT2D eigenvalue weighted by Gasteiger charge is 2.35. The van der Waals surface area contributed by atoms with Gasteiger partial charge >= 0.3 is 0 Å². The Kier molecular flexibility index (Phi) is 5.17. The summed E-state index contributed by atoms with van der Waals surface area (Å²) in [5.41, 5.74) is 1.62. The Balaban J connectivity index is 2.22. The van der Waals surface area contributed by atoms with Gasteiger partial charge in [-0.15, -0.1) is 0 Å².